The molecule has 0 unspecified atom stereocenters. The predicted molar refractivity (Wildman–Crippen MR) is 57.4 cm³/mol. The number of nitrogens with two attached hydrogens (primary N) is 1. The van der Waals surface area contributed by atoms with Crippen molar-refractivity contribution in [2.45, 2.75) is 20.0 Å². The van der Waals surface area contributed by atoms with Crippen molar-refractivity contribution in [3.8, 4) is 0 Å². The molecule has 1 rings (SSSR count). The summed E-state index contributed by atoms with van der Waals surface area (Å²) >= 11 is 0. The van der Waals surface area contributed by atoms with Crippen LogP contribution >= 0.6 is 0 Å². The molecular formula is C9H17N5O2. The van der Waals surface area contributed by atoms with E-state index in [0.717, 1.165) is 0 Å². The molecule has 0 atom stereocenters. The zero-order chi connectivity index (χ0) is 11.8. The Bertz CT molecular complexity index is 325. The van der Waals surface area contributed by atoms with Gasteiger partial charge in [-0.05, 0) is 6.92 Å². The van der Waals surface area contributed by atoms with Gasteiger partial charge in [0.25, 0.3) is 0 Å². The van der Waals surface area contributed by atoms with E-state index in [-0.39, 0.29) is 12.5 Å². The van der Waals surface area contributed by atoms with Crippen molar-refractivity contribution < 1.29 is 9.53 Å². The molecule has 0 radical (unpaired) electrons. The molecule has 0 aliphatic heterocycles. The highest BCUT2D eigenvalue weighted by atomic mass is 16.5. The second-order valence-electron chi connectivity index (χ2n) is 3.15. The summed E-state index contributed by atoms with van der Waals surface area (Å²) in [7, 11) is 0. The Hall–Kier alpha value is -1.47. The van der Waals surface area contributed by atoms with E-state index in [0.29, 0.717) is 32.0 Å². The summed E-state index contributed by atoms with van der Waals surface area (Å²) in [6.45, 7) is 4.23. The summed E-state index contributed by atoms with van der Waals surface area (Å²) in [4.78, 5) is 10.9. The highest BCUT2D eigenvalue weighted by Gasteiger charge is 2.02. The van der Waals surface area contributed by atoms with Crippen LogP contribution in [0.25, 0.3) is 0 Å². The standard InChI is InChI=1S/C9H17N5O2/c1-2-16-4-3-14-7-8(12-13-14)6-11-9(15)5-10/h7H,2-6,10H2,1H3,(H,11,15). The number of hydrogen-bond donors (Lipinski definition) is 2. The number of aromatic nitrogens is 3. The van der Waals surface area contributed by atoms with Gasteiger partial charge in [0.05, 0.1) is 32.4 Å². The quantitative estimate of drug-likeness (QED) is 0.576. The average molecular weight is 227 g/mol. The van der Waals surface area contributed by atoms with Gasteiger partial charge in [0, 0.05) is 6.61 Å². The number of rotatable bonds is 7. The van der Waals surface area contributed by atoms with Gasteiger partial charge in [-0.3, -0.25) is 4.79 Å². The molecule has 7 heteroatoms. The van der Waals surface area contributed by atoms with Crippen molar-refractivity contribution in [3.63, 3.8) is 0 Å². The third-order valence-corrected chi connectivity index (χ3v) is 1.91. The Morgan fingerprint density at radius 3 is 3.19 bits per heavy atom. The van der Waals surface area contributed by atoms with Crippen molar-refractivity contribution in [1.29, 1.82) is 0 Å². The third kappa shape index (κ3) is 4.37. The van der Waals surface area contributed by atoms with Crippen LogP contribution in [0.5, 0.6) is 0 Å². The number of amides is 1. The smallest absolute Gasteiger partial charge is 0.234 e. The number of hydrogen-bond acceptors (Lipinski definition) is 5. The molecule has 0 aromatic carbocycles. The van der Waals surface area contributed by atoms with Crippen LogP contribution in [-0.4, -0.2) is 40.7 Å². The molecule has 90 valence electrons. The Kier molecular flexibility index (Phi) is 5.44. The molecule has 0 saturated heterocycles. The fourth-order valence-electron chi connectivity index (χ4n) is 1.09. The SMILES string of the molecule is CCOCCn1cc(CNC(=O)CN)nn1. The van der Waals surface area contributed by atoms with E-state index in [1.165, 1.54) is 0 Å². The van der Waals surface area contributed by atoms with E-state index in [2.05, 4.69) is 15.6 Å². The summed E-state index contributed by atoms with van der Waals surface area (Å²) in [5, 5.41) is 10.4. The van der Waals surface area contributed by atoms with E-state index in [1.54, 1.807) is 10.9 Å². The lowest BCUT2D eigenvalue weighted by Gasteiger charge is -2.00. The van der Waals surface area contributed by atoms with E-state index in [9.17, 15) is 4.79 Å². The van der Waals surface area contributed by atoms with Gasteiger partial charge in [0.1, 0.15) is 5.69 Å². The van der Waals surface area contributed by atoms with Gasteiger partial charge in [-0.25, -0.2) is 4.68 Å². The van der Waals surface area contributed by atoms with Crippen LogP contribution in [0, 0.1) is 0 Å². The minimum absolute atomic E-state index is 0.0154. The molecule has 0 aliphatic carbocycles. The monoisotopic (exact) mass is 227 g/mol. The van der Waals surface area contributed by atoms with Gasteiger partial charge in [0.15, 0.2) is 0 Å². The number of nitrogens with one attached hydrogen (secondary N) is 1. The number of ether oxygens (including phenoxy) is 1. The van der Waals surface area contributed by atoms with Crippen LogP contribution in [-0.2, 0) is 22.6 Å². The first-order valence-electron chi connectivity index (χ1n) is 5.19. The second kappa shape index (κ2) is 6.91. The van der Waals surface area contributed by atoms with Crippen molar-refractivity contribution >= 4 is 5.91 Å². The molecule has 1 heterocycles. The lowest BCUT2D eigenvalue weighted by atomic mass is 10.4. The first kappa shape index (κ1) is 12.6. The van der Waals surface area contributed by atoms with Gasteiger partial charge < -0.3 is 15.8 Å². The summed E-state index contributed by atoms with van der Waals surface area (Å²) in [6.07, 6.45) is 1.77. The van der Waals surface area contributed by atoms with E-state index in [1.807, 2.05) is 6.92 Å². The van der Waals surface area contributed by atoms with Crippen molar-refractivity contribution in [2.75, 3.05) is 19.8 Å². The molecule has 16 heavy (non-hydrogen) atoms. The van der Waals surface area contributed by atoms with E-state index >= 15 is 0 Å². The first-order valence-corrected chi connectivity index (χ1v) is 5.19. The Balaban J connectivity index is 2.30. The Morgan fingerprint density at radius 2 is 2.50 bits per heavy atom. The third-order valence-electron chi connectivity index (χ3n) is 1.91. The normalized spacial score (nSPS) is 10.4. The van der Waals surface area contributed by atoms with Crippen LogP contribution in [0.2, 0.25) is 0 Å². The molecule has 0 aliphatic rings. The highest BCUT2D eigenvalue weighted by Crippen LogP contribution is 1.92. The predicted octanol–water partition coefficient (Wildman–Crippen LogP) is -1.11. The minimum Gasteiger partial charge on any atom is -0.380 e. The maximum absolute atomic E-state index is 10.9. The van der Waals surface area contributed by atoms with Crippen molar-refractivity contribution in [1.82, 2.24) is 20.3 Å². The molecule has 7 nitrogen and oxygen atoms in total. The highest BCUT2D eigenvalue weighted by molar-refractivity contribution is 5.77. The maximum atomic E-state index is 10.9. The molecule has 1 amide bonds. The molecule has 1 aromatic heterocycles. The topological polar surface area (TPSA) is 95.1 Å². The van der Waals surface area contributed by atoms with Crippen LogP contribution < -0.4 is 11.1 Å². The van der Waals surface area contributed by atoms with Gasteiger partial charge in [-0.1, -0.05) is 5.21 Å². The molecule has 0 bridgehead atoms. The minimum atomic E-state index is -0.205. The summed E-state index contributed by atoms with van der Waals surface area (Å²) in [6, 6.07) is 0. The largest absolute Gasteiger partial charge is 0.380 e. The summed E-state index contributed by atoms with van der Waals surface area (Å²) in [5.74, 6) is -0.205. The van der Waals surface area contributed by atoms with Crippen molar-refractivity contribution in [2.24, 2.45) is 5.73 Å². The lowest BCUT2D eigenvalue weighted by Crippen LogP contribution is -2.29. The zero-order valence-corrected chi connectivity index (χ0v) is 9.35. The summed E-state index contributed by atoms with van der Waals surface area (Å²) in [5.41, 5.74) is 5.86. The number of nitrogens with zero attached hydrogens (tertiary/aromatic N) is 3. The Labute approximate surface area is 93.9 Å². The van der Waals surface area contributed by atoms with Crippen LogP contribution in [0.4, 0.5) is 0 Å². The van der Waals surface area contributed by atoms with Gasteiger partial charge in [-0.15, -0.1) is 5.10 Å². The fraction of sp³-hybridized carbons (Fsp3) is 0.667. The molecule has 1 aromatic rings. The number of carbonyl (C=O) groups excluding carboxylic acids is 1. The molecular weight excluding hydrogens is 210 g/mol. The summed E-state index contributed by atoms with van der Waals surface area (Å²) < 4.78 is 6.87. The van der Waals surface area contributed by atoms with Crippen LogP contribution in [0.3, 0.4) is 0 Å². The van der Waals surface area contributed by atoms with E-state index < -0.39 is 0 Å². The first-order chi connectivity index (χ1) is 7.76. The number of carbonyl (C=O) groups is 1. The lowest BCUT2D eigenvalue weighted by molar-refractivity contribution is -0.119. The molecule has 0 fully saturated rings. The molecule has 3 N–H and O–H groups in total. The zero-order valence-electron chi connectivity index (χ0n) is 9.35. The van der Waals surface area contributed by atoms with Crippen LogP contribution in [0.15, 0.2) is 6.20 Å². The fourth-order valence-corrected chi connectivity index (χ4v) is 1.09. The van der Waals surface area contributed by atoms with Crippen molar-refractivity contribution in [3.05, 3.63) is 11.9 Å². The van der Waals surface area contributed by atoms with Gasteiger partial charge in [-0.2, -0.15) is 0 Å². The van der Waals surface area contributed by atoms with Gasteiger partial charge >= 0.3 is 0 Å². The molecule has 0 spiro atoms. The maximum Gasteiger partial charge on any atom is 0.234 e. The van der Waals surface area contributed by atoms with Crippen LogP contribution in [0.1, 0.15) is 12.6 Å². The van der Waals surface area contributed by atoms with E-state index in [4.69, 9.17) is 10.5 Å². The van der Waals surface area contributed by atoms with Gasteiger partial charge in [0.2, 0.25) is 5.91 Å². The average Bonchev–Trinajstić information content (AvgIpc) is 2.74. The Morgan fingerprint density at radius 1 is 1.69 bits per heavy atom. The second-order valence-corrected chi connectivity index (χ2v) is 3.15. The molecule has 0 saturated carbocycles.